The molecule has 0 fully saturated rings. The number of hydrogen-bond donors (Lipinski definition) is 1. The molecule has 2 amide bonds. The van der Waals surface area contributed by atoms with Crippen LogP contribution >= 0.6 is 0 Å². The van der Waals surface area contributed by atoms with Gasteiger partial charge in [-0.1, -0.05) is 36.4 Å². The highest BCUT2D eigenvalue weighted by Crippen LogP contribution is 2.19. The van der Waals surface area contributed by atoms with E-state index in [-0.39, 0.29) is 18.4 Å². The van der Waals surface area contributed by atoms with Crippen LogP contribution in [-0.2, 0) is 22.6 Å². The number of nitrogens with zero attached hydrogens (tertiary/aromatic N) is 1. The highest BCUT2D eigenvalue weighted by molar-refractivity contribution is 5.83. The Morgan fingerprint density at radius 2 is 1.48 bits per heavy atom. The van der Waals surface area contributed by atoms with E-state index in [1.54, 1.807) is 14.2 Å². The molecule has 0 bridgehead atoms. The second-order valence-electron chi connectivity index (χ2n) is 6.10. The molecular formula is C21H26N2O4. The van der Waals surface area contributed by atoms with Crippen LogP contribution in [0.5, 0.6) is 11.5 Å². The minimum atomic E-state index is -0.199. The normalized spacial score (nSPS) is 10.2. The SMILES string of the molecule is COc1ccccc1CCNC(=O)CN(Cc1ccccc1OC)C(C)=O. The number of para-hydroxylation sites is 2. The first-order valence-corrected chi connectivity index (χ1v) is 8.81. The van der Waals surface area contributed by atoms with Gasteiger partial charge in [0.25, 0.3) is 0 Å². The van der Waals surface area contributed by atoms with Crippen molar-refractivity contribution in [3.8, 4) is 11.5 Å². The van der Waals surface area contributed by atoms with Crippen LogP contribution < -0.4 is 14.8 Å². The summed E-state index contributed by atoms with van der Waals surface area (Å²) in [6, 6.07) is 15.2. The maximum absolute atomic E-state index is 12.3. The number of methoxy groups -OCH3 is 2. The van der Waals surface area contributed by atoms with Crippen molar-refractivity contribution in [2.24, 2.45) is 0 Å². The maximum atomic E-state index is 12.3. The number of carbonyl (C=O) groups excluding carboxylic acids is 2. The number of nitrogens with one attached hydrogen (secondary N) is 1. The van der Waals surface area contributed by atoms with E-state index in [1.165, 1.54) is 11.8 Å². The van der Waals surface area contributed by atoms with E-state index in [0.29, 0.717) is 25.3 Å². The van der Waals surface area contributed by atoms with Crippen LogP contribution in [0.15, 0.2) is 48.5 Å². The van der Waals surface area contributed by atoms with E-state index < -0.39 is 0 Å². The van der Waals surface area contributed by atoms with Gasteiger partial charge in [0, 0.05) is 25.6 Å². The predicted octanol–water partition coefficient (Wildman–Crippen LogP) is 2.41. The van der Waals surface area contributed by atoms with Crippen molar-refractivity contribution in [2.45, 2.75) is 19.9 Å². The van der Waals surface area contributed by atoms with Gasteiger partial charge in [0.15, 0.2) is 0 Å². The zero-order valence-electron chi connectivity index (χ0n) is 16.0. The largest absolute Gasteiger partial charge is 0.496 e. The van der Waals surface area contributed by atoms with Crippen molar-refractivity contribution in [3.63, 3.8) is 0 Å². The lowest BCUT2D eigenvalue weighted by Crippen LogP contribution is -2.40. The van der Waals surface area contributed by atoms with Gasteiger partial charge in [-0.05, 0) is 24.1 Å². The smallest absolute Gasteiger partial charge is 0.239 e. The molecule has 0 spiro atoms. The number of benzene rings is 2. The molecule has 6 heteroatoms. The summed E-state index contributed by atoms with van der Waals surface area (Å²) >= 11 is 0. The van der Waals surface area contributed by atoms with Crippen molar-refractivity contribution in [2.75, 3.05) is 27.3 Å². The summed E-state index contributed by atoms with van der Waals surface area (Å²) < 4.78 is 10.6. The van der Waals surface area contributed by atoms with Crippen LogP contribution in [0.4, 0.5) is 0 Å². The zero-order chi connectivity index (χ0) is 19.6. The van der Waals surface area contributed by atoms with E-state index >= 15 is 0 Å². The van der Waals surface area contributed by atoms with E-state index in [9.17, 15) is 9.59 Å². The Hall–Kier alpha value is -3.02. The lowest BCUT2D eigenvalue weighted by Gasteiger charge is -2.22. The summed E-state index contributed by atoms with van der Waals surface area (Å²) in [5, 5.41) is 2.86. The number of rotatable bonds is 9. The lowest BCUT2D eigenvalue weighted by atomic mass is 10.1. The van der Waals surface area contributed by atoms with Crippen LogP contribution in [0, 0.1) is 0 Å². The summed E-state index contributed by atoms with van der Waals surface area (Å²) in [5.74, 6) is 1.13. The fraction of sp³-hybridized carbons (Fsp3) is 0.333. The second kappa shape index (κ2) is 10.2. The molecule has 0 radical (unpaired) electrons. The highest BCUT2D eigenvalue weighted by Gasteiger charge is 2.16. The number of hydrogen-bond acceptors (Lipinski definition) is 4. The molecule has 0 aliphatic carbocycles. The average Bonchev–Trinajstić information content (AvgIpc) is 2.68. The molecule has 2 aromatic rings. The van der Waals surface area contributed by atoms with Crippen LogP contribution in [0.2, 0.25) is 0 Å². The monoisotopic (exact) mass is 370 g/mol. The number of carbonyl (C=O) groups is 2. The average molecular weight is 370 g/mol. The molecule has 0 atom stereocenters. The molecule has 0 heterocycles. The first-order valence-electron chi connectivity index (χ1n) is 8.81. The van der Waals surface area contributed by atoms with E-state index in [0.717, 1.165) is 16.9 Å². The molecule has 0 saturated carbocycles. The molecule has 2 rings (SSSR count). The van der Waals surface area contributed by atoms with Crippen molar-refractivity contribution >= 4 is 11.8 Å². The Labute approximate surface area is 160 Å². The Bertz CT molecular complexity index is 776. The molecule has 0 saturated heterocycles. The minimum absolute atomic E-state index is 0.000688. The molecule has 27 heavy (non-hydrogen) atoms. The Kier molecular flexibility index (Phi) is 7.67. The van der Waals surface area contributed by atoms with Gasteiger partial charge in [0.1, 0.15) is 11.5 Å². The van der Waals surface area contributed by atoms with Crippen molar-refractivity contribution < 1.29 is 19.1 Å². The lowest BCUT2D eigenvalue weighted by molar-refractivity contribution is -0.134. The minimum Gasteiger partial charge on any atom is -0.496 e. The zero-order valence-corrected chi connectivity index (χ0v) is 16.0. The van der Waals surface area contributed by atoms with Gasteiger partial charge in [0.2, 0.25) is 11.8 Å². The third kappa shape index (κ3) is 6.02. The van der Waals surface area contributed by atoms with Gasteiger partial charge in [-0.2, -0.15) is 0 Å². The summed E-state index contributed by atoms with van der Waals surface area (Å²) in [6.45, 7) is 2.25. The molecule has 2 aromatic carbocycles. The topological polar surface area (TPSA) is 67.9 Å². The summed E-state index contributed by atoms with van der Waals surface area (Å²) in [5.41, 5.74) is 1.88. The van der Waals surface area contributed by atoms with E-state index in [1.807, 2.05) is 48.5 Å². The third-order valence-electron chi connectivity index (χ3n) is 4.24. The summed E-state index contributed by atoms with van der Waals surface area (Å²) in [4.78, 5) is 25.7. The quantitative estimate of drug-likeness (QED) is 0.736. The molecule has 0 unspecified atom stereocenters. The molecule has 0 aromatic heterocycles. The van der Waals surface area contributed by atoms with Gasteiger partial charge in [-0.3, -0.25) is 9.59 Å². The Morgan fingerprint density at radius 1 is 0.926 bits per heavy atom. The van der Waals surface area contributed by atoms with Crippen molar-refractivity contribution in [3.05, 3.63) is 59.7 Å². The first-order chi connectivity index (χ1) is 13.0. The second-order valence-corrected chi connectivity index (χ2v) is 6.10. The van der Waals surface area contributed by atoms with Gasteiger partial charge < -0.3 is 19.7 Å². The fourth-order valence-corrected chi connectivity index (χ4v) is 2.79. The molecule has 0 aliphatic rings. The van der Waals surface area contributed by atoms with Crippen LogP contribution in [0.1, 0.15) is 18.1 Å². The Balaban J connectivity index is 1.90. The van der Waals surface area contributed by atoms with Gasteiger partial charge >= 0.3 is 0 Å². The number of amides is 2. The Morgan fingerprint density at radius 3 is 2.07 bits per heavy atom. The molecule has 0 aliphatic heterocycles. The maximum Gasteiger partial charge on any atom is 0.239 e. The fourth-order valence-electron chi connectivity index (χ4n) is 2.79. The summed E-state index contributed by atoms with van der Waals surface area (Å²) in [6.07, 6.45) is 0.655. The molecule has 144 valence electrons. The number of ether oxygens (including phenoxy) is 2. The first kappa shape index (κ1) is 20.3. The highest BCUT2D eigenvalue weighted by atomic mass is 16.5. The van der Waals surface area contributed by atoms with Crippen molar-refractivity contribution in [1.82, 2.24) is 10.2 Å². The van der Waals surface area contributed by atoms with E-state index in [4.69, 9.17) is 9.47 Å². The van der Waals surface area contributed by atoms with E-state index in [2.05, 4.69) is 5.32 Å². The van der Waals surface area contributed by atoms with Crippen LogP contribution in [-0.4, -0.2) is 44.0 Å². The third-order valence-corrected chi connectivity index (χ3v) is 4.24. The molecule has 1 N–H and O–H groups in total. The van der Waals surface area contributed by atoms with Gasteiger partial charge in [0.05, 0.1) is 20.8 Å². The van der Waals surface area contributed by atoms with Crippen LogP contribution in [0.25, 0.3) is 0 Å². The molecule has 6 nitrogen and oxygen atoms in total. The van der Waals surface area contributed by atoms with Crippen molar-refractivity contribution in [1.29, 1.82) is 0 Å². The van der Waals surface area contributed by atoms with Gasteiger partial charge in [-0.25, -0.2) is 0 Å². The predicted molar refractivity (Wildman–Crippen MR) is 104 cm³/mol. The standard InChI is InChI=1S/C21H26N2O4/c1-16(24)23(14-18-9-5-7-11-20(18)27-3)15-21(25)22-13-12-17-8-4-6-10-19(17)26-2/h4-11H,12-15H2,1-3H3,(H,22,25). The summed E-state index contributed by atoms with van der Waals surface area (Å²) in [7, 11) is 3.21. The van der Waals surface area contributed by atoms with Crippen LogP contribution in [0.3, 0.4) is 0 Å². The van der Waals surface area contributed by atoms with Gasteiger partial charge in [-0.15, -0.1) is 0 Å². The molecular weight excluding hydrogens is 344 g/mol.